The van der Waals surface area contributed by atoms with E-state index in [2.05, 4.69) is 10.6 Å². The average Bonchev–Trinajstić information content (AvgIpc) is 3.53. The Morgan fingerprint density at radius 1 is 0.849 bits per heavy atom. The first-order valence-corrected chi connectivity index (χ1v) is 21.7. The largest absolute Gasteiger partial charge is 0.493 e. The maximum absolute atomic E-state index is 15.3. The van der Waals surface area contributed by atoms with Gasteiger partial charge in [-0.1, -0.05) is 59.1 Å². The molecule has 3 aliphatic heterocycles. The average molecular weight is 852 g/mol. The monoisotopic (exact) mass is 849 g/mol. The molecule has 3 aromatic rings. The van der Waals surface area contributed by atoms with Crippen LogP contribution in [0.5, 0.6) is 5.75 Å². The normalized spacial score (nSPS) is 23.1. The molecular formula is C35H43Cl4N5O7S2. The molecule has 12 nitrogen and oxygen atoms in total. The molecule has 0 bridgehead atoms. The van der Waals surface area contributed by atoms with Gasteiger partial charge in [0.05, 0.1) is 42.7 Å². The predicted octanol–water partition coefficient (Wildman–Crippen LogP) is 4.51. The number of sulfonamides is 1. The number of ether oxygens (including phenoxy) is 2. The van der Waals surface area contributed by atoms with E-state index in [9.17, 15) is 16.8 Å². The number of carbonyl (C=O) groups is 1. The Kier molecular flexibility index (Phi) is 13.7. The summed E-state index contributed by atoms with van der Waals surface area (Å²) in [7, 11) is -7.28. The van der Waals surface area contributed by atoms with Gasteiger partial charge in [0.1, 0.15) is 20.5 Å². The minimum Gasteiger partial charge on any atom is -0.493 e. The van der Waals surface area contributed by atoms with Crippen LogP contribution in [-0.4, -0.2) is 114 Å². The lowest BCUT2D eigenvalue weighted by molar-refractivity contribution is -0.141. The molecule has 3 heterocycles. The first-order chi connectivity index (χ1) is 24.7. The molecule has 1 amide bonds. The number of nitrogens with zero attached hydrogens (tertiary/aromatic N) is 3. The third-order valence-corrected chi connectivity index (χ3v) is 13.4. The van der Waals surface area contributed by atoms with Crippen LogP contribution in [0.2, 0.25) is 15.1 Å². The van der Waals surface area contributed by atoms with Crippen LogP contribution in [0.4, 0.5) is 0 Å². The standard InChI is InChI=1S/C35H42Cl3N5O7S2.ClH/c1-3-50-30-23-29(38)31(52(47,48)43-16-19-49-20-17-43)22-28(30)35(34(44)42-14-12-41(13-15-42)18-21-51(2,45)46)39-32(24-4-8-26(36)9-5-24)33(40-35)25-6-10-27(37)11-7-25;/h4-11,22-23,32-33,39-40H,3,12-21H2,1-2H3;1H/t32-,33+,35?;. The van der Waals surface area contributed by atoms with E-state index in [0.29, 0.717) is 42.8 Å². The summed E-state index contributed by atoms with van der Waals surface area (Å²) in [5.41, 5.74) is 0.175. The van der Waals surface area contributed by atoms with Gasteiger partial charge >= 0.3 is 0 Å². The van der Waals surface area contributed by atoms with Crippen molar-refractivity contribution in [1.29, 1.82) is 0 Å². The Bertz CT molecular complexity index is 1920. The summed E-state index contributed by atoms with van der Waals surface area (Å²) in [6.45, 7) is 4.68. The van der Waals surface area contributed by atoms with Gasteiger partial charge in [0, 0.05) is 73.7 Å². The molecule has 0 spiro atoms. The number of benzene rings is 3. The number of morpholine rings is 1. The Morgan fingerprint density at radius 2 is 1.38 bits per heavy atom. The fourth-order valence-electron chi connectivity index (χ4n) is 6.89. The summed E-state index contributed by atoms with van der Waals surface area (Å²) in [6.07, 6.45) is 1.21. The number of piperazine rings is 1. The van der Waals surface area contributed by atoms with Crippen molar-refractivity contribution >= 4 is 73.0 Å². The minimum absolute atomic E-state index is 0. The Hall–Kier alpha value is -2.21. The zero-order valence-corrected chi connectivity index (χ0v) is 34.0. The van der Waals surface area contributed by atoms with Crippen LogP contribution in [-0.2, 0) is 35.1 Å². The van der Waals surface area contributed by atoms with Crippen LogP contribution in [0.3, 0.4) is 0 Å². The molecule has 0 radical (unpaired) electrons. The number of sulfone groups is 1. The molecule has 3 aliphatic rings. The third kappa shape index (κ3) is 9.26. The summed E-state index contributed by atoms with van der Waals surface area (Å²) in [6, 6.07) is 16.5. The van der Waals surface area contributed by atoms with Gasteiger partial charge < -0.3 is 14.4 Å². The number of carbonyl (C=O) groups excluding carboxylic acids is 1. The second-order valence-corrected chi connectivity index (χ2v) is 18.5. The van der Waals surface area contributed by atoms with Crippen molar-refractivity contribution in [2.75, 3.05) is 77.6 Å². The van der Waals surface area contributed by atoms with Crippen molar-refractivity contribution in [1.82, 2.24) is 24.7 Å². The number of halogens is 4. The predicted molar refractivity (Wildman–Crippen MR) is 209 cm³/mol. The van der Waals surface area contributed by atoms with Crippen molar-refractivity contribution < 1.29 is 31.1 Å². The van der Waals surface area contributed by atoms with Crippen molar-refractivity contribution in [2.45, 2.75) is 29.6 Å². The lowest BCUT2D eigenvalue weighted by Crippen LogP contribution is -2.62. The van der Waals surface area contributed by atoms with Crippen LogP contribution in [0.1, 0.15) is 35.7 Å². The first kappa shape index (κ1) is 41.9. The van der Waals surface area contributed by atoms with Crippen LogP contribution in [0, 0.1) is 0 Å². The molecule has 0 aromatic heterocycles. The summed E-state index contributed by atoms with van der Waals surface area (Å²) < 4.78 is 64.9. The van der Waals surface area contributed by atoms with Crippen molar-refractivity contribution in [3.8, 4) is 5.75 Å². The second kappa shape index (κ2) is 17.3. The first-order valence-electron chi connectivity index (χ1n) is 17.0. The van der Waals surface area contributed by atoms with E-state index in [1.807, 2.05) is 29.2 Å². The fourth-order valence-corrected chi connectivity index (χ4v) is 9.66. The molecule has 53 heavy (non-hydrogen) atoms. The van der Waals surface area contributed by atoms with E-state index in [1.165, 1.54) is 22.7 Å². The topological polar surface area (TPSA) is 138 Å². The van der Waals surface area contributed by atoms with Gasteiger partial charge in [0.15, 0.2) is 5.66 Å². The smallest absolute Gasteiger partial charge is 0.262 e. The van der Waals surface area contributed by atoms with Crippen LogP contribution < -0.4 is 15.4 Å². The van der Waals surface area contributed by atoms with Crippen molar-refractivity contribution in [3.05, 3.63) is 92.4 Å². The van der Waals surface area contributed by atoms with Gasteiger partial charge in [-0.05, 0) is 48.4 Å². The van der Waals surface area contributed by atoms with E-state index in [4.69, 9.17) is 44.3 Å². The van der Waals surface area contributed by atoms with Crippen molar-refractivity contribution in [2.24, 2.45) is 0 Å². The van der Waals surface area contributed by atoms with E-state index < -0.39 is 37.6 Å². The molecular weight excluding hydrogens is 808 g/mol. The molecule has 290 valence electrons. The summed E-state index contributed by atoms with van der Waals surface area (Å²) >= 11 is 19.4. The lowest BCUT2D eigenvalue weighted by Gasteiger charge is -2.41. The molecule has 6 rings (SSSR count). The lowest BCUT2D eigenvalue weighted by atomic mass is 9.95. The fraction of sp³-hybridized carbons (Fsp3) is 0.457. The van der Waals surface area contributed by atoms with E-state index in [0.717, 1.165) is 11.1 Å². The van der Waals surface area contributed by atoms with E-state index in [-0.39, 0.29) is 78.2 Å². The molecule has 2 N–H and O–H groups in total. The SMILES string of the molecule is CCOc1cc(Cl)c(S(=O)(=O)N2CCOCC2)cc1C1(C(=O)N2CCN(CCS(C)(=O)=O)CC2)N[C@H](c2ccc(Cl)cc2)[C@H](c2ccc(Cl)cc2)N1.Cl. The molecule has 3 aromatic carbocycles. The summed E-state index contributed by atoms with van der Waals surface area (Å²) in [5, 5.41) is 8.30. The molecule has 0 aliphatic carbocycles. The van der Waals surface area contributed by atoms with Crippen molar-refractivity contribution in [3.63, 3.8) is 0 Å². The number of hydrogen-bond donors (Lipinski definition) is 2. The quantitative estimate of drug-likeness (QED) is 0.284. The highest BCUT2D eigenvalue weighted by Crippen LogP contribution is 2.46. The highest BCUT2D eigenvalue weighted by molar-refractivity contribution is 7.90. The van der Waals surface area contributed by atoms with E-state index >= 15 is 4.79 Å². The Balaban J connectivity index is 0.00000541. The molecule has 3 atom stereocenters. The van der Waals surface area contributed by atoms with Gasteiger partial charge in [-0.2, -0.15) is 4.31 Å². The van der Waals surface area contributed by atoms with Gasteiger partial charge in [-0.3, -0.25) is 20.3 Å². The Morgan fingerprint density at radius 3 is 1.87 bits per heavy atom. The molecule has 0 saturated carbocycles. The van der Waals surface area contributed by atoms with Crippen LogP contribution in [0.25, 0.3) is 0 Å². The minimum atomic E-state index is -4.12. The van der Waals surface area contributed by atoms with Gasteiger partial charge in [-0.25, -0.2) is 16.8 Å². The maximum atomic E-state index is 15.3. The van der Waals surface area contributed by atoms with E-state index in [1.54, 1.807) is 36.1 Å². The van der Waals surface area contributed by atoms with Crippen LogP contribution >= 0.6 is 47.2 Å². The number of rotatable bonds is 11. The third-order valence-electron chi connectivity index (χ3n) is 9.62. The Labute approximate surface area is 332 Å². The van der Waals surface area contributed by atoms with Gasteiger partial charge in [0.2, 0.25) is 10.0 Å². The van der Waals surface area contributed by atoms with Crippen LogP contribution in [0.15, 0.2) is 65.6 Å². The summed E-state index contributed by atoms with van der Waals surface area (Å²) in [5.74, 6) is -0.105. The van der Waals surface area contributed by atoms with Gasteiger partial charge in [-0.15, -0.1) is 12.4 Å². The highest BCUT2D eigenvalue weighted by atomic mass is 35.5. The molecule has 3 fully saturated rings. The second-order valence-electron chi connectivity index (χ2n) is 13.1. The summed E-state index contributed by atoms with van der Waals surface area (Å²) in [4.78, 5) is 18.9. The number of hydrogen-bond acceptors (Lipinski definition) is 10. The number of nitrogens with one attached hydrogen (secondary N) is 2. The highest BCUT2D eigenvalue weighted by Gasteiger charge is 2.55. The zero-order valence-electron chi connectivity index (χ0n) is 29.3. The zero-order chi connectivity index (χ0) is 37.3. The molecule has 18 heteroatoms. The molecule has 1 unspecified atom stereocenters. The maximum Gasteiger partial charge on any atom is 0.262 e. The van der Waals surface area contributed by atoms with Gasteiger partial charge in [0.25, 0.3) is 5.91 Å². The molecule has 3 saturated heterocycles. The number of amides is 1.